The lowest BCUT2D eigenvalue weighted by atomic mass is 9.78. The molecule has 1 aromatic rings. The van der Waals surface area contributed by atoms with Crippen LogP contribution >= 0.6 is 12.6 Å². The molecular weight excluding hydrogens is 301 g/mol. The molecule has 1 fully saturated rings. The maximum absolute atomic E-state index is 10.8. The van der Waals surface area contributed by atoms with Gasteiger partial charge >= 0.3 is 13.1 Å². The average molecular weight is 321 g/mol. The Morgan fingerprint density at radius 1 is 1.32 bits per heavy atom. The summed E-state index contributed by atoms with van der Waals surface area (Å²) in [7, 11) is -0.471. The standard InChI is InChI=1S/C15H20BNO4S/c1-14(2)15(3,4)21-16(20-14)11(9-22)7-10-5-6-12(13(18)19)17-8-10/h5-8,22H,9H2,1-4H3,(H,18,19). The van der Waals surface area contributed by atoms with Crippen LogP contribution in [0.3, 0.4) is 0 Å². The molecule has 22 heavy (non-hydrogen) atoms. The van der Waals surface area contributed by atoms with Crippen molar-refractivity contribution in [1.29, 1.82) is 0 Å². The summed E-state index contributed by atoms with van der Waals surface area (Å²) >= 11 is 4.34. The van der Waals surface area contributed by atoms with Gasteiger partial charge in [0.15, 0.2) is 0 Å². The molecule has 0 saturated carbocycles. The average Bonchev–Trinajstić information content (AvgIpc) is 2.65. The van der Waals surface area contributed by atoms with E-state index in [2.05, 4.69) is 17.6 Å². The highest BCUT2D eigenvalue weighted by atomic mass is 32.1. The van der Waals surface area contributed by atoms with Crippen LogP contribution in [-0.2, 0) is 9.31 Å². The molecular formula is C15H20BNO4S. The number of nitrogens with zero attached hydrogens (tertiary/aromatic N) is 1. The third-order valence-corrected chi connectivity index (χ3v) is 4.46. The van der Waals surface area contributed by atoms with Crippen molar-refractivity contribution >= 4 is 31.8 Å². The molecule has 118 valence electrons. The van der Waals surface area contributed by atoms with Crippen LogP contribution in [0.4, 0.5) is 0 Å². The first-order valence-corrected chi connectivity index (χ1v) is 7.66. The SMILES string of the molecule is CC1(C)OB(C(=Cc2ccc(C(=O)O)nc2)CS)OC1(C)C. The van der Waals surface area contributed by atoms with Gasteiger partial charge in [0.1, 0.15) is 5.69 Å². The molecule has 1 aromatic heterocycles. The largest absolute Gasteiger partial charge is 0.491 e. The number of carbonyl (C=O) groups is 1. The molecule has 2 heterocycles. The van der Waals surface area contributed by atoms with Crippen molar-refractivity contribution in [3.63, 3.8) is 0 Å². The topological polar surface area (TPSA) is 68.7 Å². The Labute approximate surface area is 136 Å². The molecule has 0 amide bonds. The number of hydrogen-bond donors (Lipinski definition) is 2. The summed E-state index contributed by atoms with van der Waals surface area (Å²) in [5, 5.41) is 8.86. The Kier molecular flexibility index (Phi) is 4.70. The molecule has 0 aliphatic carbocycles. The molecule has 0 atom stereocenters. The molecule has 1 aliphatic rings. The minimum Gasteiger partial charge on any atom is -0.477 e. The molecule has 2 rings (SSSR count). The zero-order valence-electron chi connectivity index (χ0n) is 13.2. The van der Waals surface area contributed by atoms with Crippen molar-refractivity contribution in [2.24, 2.45) is 0 Å². The van der Waals surface area contributed by atoms with Crippen molar-refractivity contribution in [2.75, 3.05) is 5.75 Å². The second kappa shape index (κ2) is 6.06. The fraction of sp³-hybridized carbons (Fsp3) is 0.467. The molecule has 0 radical (unpaired) electrons. The lowest BCUT2D eigenvalue weighted by Gasteiger charge is -2.32. The molecule has 0 unspecified atom stereocenters. The summed E-state index contributed by atoms with van der Waals surface area (Å²) in [5.74, 6) is -0.576. The first-order chi connectivity index (χ1) is 10.2. The van der Waals surface area contributed by atoms with Gasteiger partial charge in [-0.3, -0.25) is 0 Å². The van der Waals surface area contributed by atoms with Gasteiger partial charge < -0.3 is 14.4 Å². The zero-order valence-corrected chi connectivity index (χ0v) is 14.1. The number of rotatable bonds is 4. The highest BCUT2D eigenvalue weighted by Gasteiger charge is 2.52. The first kappa shape index (κ1) is 17.1. The summed E-state index contributed by atoms with van der Waals surface area (Å²) in [4.78, 5) is 14.7. The van der Waals surface area contributed by atoms with Crippen LogP contribution in [0.1, 0.15) is 43.7 Å². The summed E-state index contributed by atoms with van der Waals surface area (Å²) in [6.07, 6.45) is 3.38. The fourth-order valence-corrected chi connectivity index (χ4v) is 2.25. The molecule has 0 bridgehead atoms. The summed E-state index contributed by atoms with van der Waals surface area (Å²) in [6, 6.07) is 3.17. The normalized spacial score (nSPS) is 20.2. The Bertz CT molecular complexity index is 582. The highest BCUT2D eigenvalue weighted by molar-refractivity contribution is 7.80. The van der Waals surface area contributed by atoms with Crippen LogP contribution in [0.15, 0.2) is 23.8 Å². The number of hydrogen-bond acceptors (Lipinski definition) is 5. The lowest BCUT2D eigenvalue weighted by molar-refractivity contribution is 0.00578. The molecule has 0 spiro atoms. The third kappa shape index (κ3) is 3.37. The van der Waals surface area contributed by atoms with E-state index >= 15 is 0 Å². The van der Waals surface area contributed by atoms with Gasteiger partial charge in [-0.15, -0.1) is 0 Å². The van der Waals surface area contributed by atoms with E-state index in [1.807, 2.05) is 33.8 Å². The first-order valence-electron chi connectivity index (χ1n) is 7.02. The van der Waals surface area contributed by atoms with Crippen LogP contribution in [0, 0.1) is 0 Å². The second-order valence-electron chi connectivity index (χ2n) is 6.25. The van der Waals surface area contributed by atoms with E-state index < -0.39 is 24.3 Å². The van der Waals surface area contributed by atoms with Crippen LogP contribution in [0.25, 0.3) is 6.08 Å². The van der Waals surface area contributed by atoms with Gasteiger partial charge in [0.2, 0.25) is 0 Å². The maximum Gasteiger partial charge on any atom is 0.491 e. The minimum atomic E-state index is -1.05. The monoisotopic (exact) mass is 321 g/mol. The Morgan fingerprint density at radius 3 is 2.32 bits per heavy atom. The van der Waals surface area contributed by atoms with Crippen LogP contribution < -0.4 is 0 Å². The van der Waals surface area contributed by atoms with E-state index in [1.54, 1.807) is 6.07 Å². The second-order valence-corrected chi connectivity index (χ2v) is 6.56. The minimum absolute atomic E-state index is 0.0141. The van der Waals surface area contributed by atoms with Gasteiger partial charge in [-0.25, -0.2) is 9.78 Å². The van der Waals surface area contributed by atoms with E-state index in [1.165, 1.54) is 12.3 Å². The van der Waals surface area contributed by atoms with Crippen molar-refractivity contribution in [3.8, 4) is 0 Å². The third-order valence-electron chi connectivity index (χ3n) is 4.10. The predicted molar refractivity (Wildman–Crippen MR) is 89.1 cm³/mol. The number of aromatic nitrogens is 1. The van der Waals surface area contributed by atoms with E-state index in [0.717, 1.165) is 11.0 Å². The van der Waals surface area contributed by atoms with Gasteiger partial charge in [-0.05, 0) is 44.8 Å². The van der Waals surface area contributed by atoms with Crippen LogP contribution in [-0.4, -0.2) is 40.1 Å². The van der Waals surface area contributed by atoms with E-state index in [-0.39, 0.29) is 5.69 Å². The van der Waals surface area contributed by atoms with Gasteiger partial charge in [0.25, 0.3) is 0 Å². The van der Waals surface area contributed by atoms with Gasteiger partial charge in [-0.1, -0.05) is 12.1 Å². The van der Waals surface area contributed by atoms with Crippen molar-refractivity contribution < 1.29 is 19.2 Å². The lowest BCUT2D eigenvalue weighted by Crippen LogP contribution is -2.41. The molecule has 1 N–H and O–H groups in total. The van der Waals surface area contributed by atoms with E-state index in [9.17, 15) is 4.79 Å². The van der Waals surface area contributed by atoms with Crippen molar-refractivity contribution in [1.82, 2.24) is 4.98 Å². The van der Waals surface area contributed by atoms with Crippen molar-refractivity contribution in [3.05, 3.63) is 35.1 Å². The molecule has 1 saturated heterocycles. The number of carboxylic acids is 1. The van der Waals surface area contributed by atoms with Gasteiger partial charge in [0.05, 0.1) is 11.2 Å². The van der Waals surface area contributed by atoms with Gasteiger partial charge in [0, 0.05) is 11.9 Å². The summed E-state index contributed by atoms with van der Waals surface area (Å²) in [5.41, 5.74) is 0.840. The number of carboxylic acid groups (broad SMARTS) is 1. The fourth-order valence-electron chi connectivity index (χ4n) is 2.01. The summed E-state index contributed by atoms with van der Waals surface area (Å²) in [6.45, 7) is 7.97. The Hall–Kier alpha value is -1.31. The molecule has 7 heteroatoms. The van der Waals surface area contributed by atoms with Crippen molar-refractivity contribution in [2.45, 2.75) is 38.9 Å². The van der Waals surface area contributed by atoms with Gasteiger partial charge in [-0.2, -0.15) is 12.6 Å². The number of pyridine rings is 1. The quantitative estimate of drug-likeness (QED) is 0.659. The highest BCUT2D eigenvalue weighted by Crippen LogP contribution is 2.38. The predicted octanol–water partition coefficient (Wildman–Crippen LogP) is 2.72. The number of thiol groups is 1. The van der Waals surface area contributed by atoms with E-state index in [4.69, 9.17) is 14.4 Å². The van der Waals surface area contributed by atoms with Crippen LogP contribution in [0.2, 0.25) is 0 Å². The number of aromatic carboxylic acids is 1. The maximum atomic E-state index is 10.8. The van der Waals surface area contributed by atoms with Crippen LogP contribution in [0.5, 0.6) is 0 Å². The Balaban J connectivity index is 2.23. The Morgan fingerprint density at radius 2 is 1.91 bits per heavy atom. The molecule has 1 aliphatic heterocycles. The van der Waals surface area contributed by atoms with E-state index in [0.29, 0.717) is 5.75 Å². The zero-order chi connectivity index (χ0) is 16.5. The summed E-state index contributed by atoms with van der Waals surface area (Å²) < 4.78 is 12.0. The molecule has 0 aromatic carbocycles. The molecule has 5 nitrogen and oxygen atoms in total. The smallest absolute Gasteiger partial charge is 0.477 e.